The Balaban J connectivity index is 2.37. The van der Waals surface area contributed by atoms with Crippen molar-refractivity contribution in [1.82, 2.24) is 4.90 Å². The van der Waals surface area contributed by atoms with Gasteiger partial charge in [0.2, 0.25) is 0 Å². The van der Waals surface area contributed by atoms with Crippen LogP contribution in [0.25, 0.3) is 0 Å². The number of carbonyl (C=O) groups is 2. The molecule has 0 N–H and O–H groups in total. The molecule has 0 aromatic heterocycles. The fourth-order valence-electron chi connectivity index (χ4n) is 6.94. The topological polar surface area (TPSA) is 74.3 Å². The molecule has 0 saturated carbocycles. The molecule has 7 heteroatoms. The Bertz CT molecular complexity index is 746. The van der Waals surface area contributed by atoms with E-state index in [4.69, 9.17) is 18.9 Å². The molecule has 0 radical (unpaired) electrons. The first-order chi connectivity index (χ1) is 24.5. The van der Waals surface area contributed by atoms with Gasteiger partial charge in [-0.1, -0.05) is 143 Å². The van der Waals surface area contributed by atoms with Crippen LogP contribution >= 0.6 is 0 Å². The molecule has 1 heterocycles. The van der Waals surface area contributed by atoms with Crippen LogP contribution in [0.3, 0.4) is 0 Å². The molecule has 0 aliphatic carbocycles. The third kappa shape index (κ3) is 27.5. The highest BCUT2D eigenvalue weighted by atomic mass is 16.7. The number of ether oxygens (including phenoxy) is 4. The Morgan fingerprint density at radius 2 is 1.06 bits per heavy atom. The first-order valence-electron chi connectivity index (χ1n) is 21.8. The van der Waals surface area contributed by atoms with Crippen molar-refractivity contribution < 1.29 is 28.5 Å². The summed E-state index contributed by atoms with van der Waals surface area (Å²) >= 11 is 0. The molecule has 1 saturated heterocycles. The lowest BCUT2D eigenvalue weighted by Crippen LogP contribution is -2.36. The van der Waals surface area contributed by atoms with Crippen LogP contribution in [0.1, 0.15) is 213 Å². The maximum atomic E-state index is 13.0. The summed E-state index contributed by atoms with van der Waals surface area (Å²) in [5, 5.41) is 0. The molecule has 1 fully saturated rings. The Morgan fingerprint density at radius 1 is 0.580 bits per heavy atom. The summed E-state index contributed by atoms with van der Waals surface area (Å²) < 4.78 is 24.0. The molecule has 1 aliphatic heterocycles. The van der Waals surface area contributed by atoms with Gasteiger partial charge in [-0.05, 0) is 71.4 Å². The number of rotatable bonds is 37. The van der Waals surface area contributed by atoms with Gasteiger partial charge >= 0.3 is 11.9 Å². The van der Waals surface area contributed by atoms with Crippen molar-refractivity contribution >= 4 is 11.9 Å². The highest BCUT2D eigenvalue weighted by molar-refractivity contribution is 5.76. The maximum absolute atomic E-state index is 13.0. The molecule has 7 nitrogen and oxygen atoms in total. The second-order valence-corrected chi connectivity index (χ2v) is 15.1. The SMILES string of the molecule is CCCCCCCCCCCCC(CCOC(=O)CCCCC(OCCCCCCCC)OCCCCCCCC)OC(=O)[C@H]1CCCN1C. The predicted octanol–water partition coefficient (Wildman–Crippen LogP) is 11.9. The van der Waals surface area contributed by atoms with Crippen LogP contribution in [0.5, 0.6) is 0 Å². The molecular formula is C43H83NO6. The van der Waals surface area contributed by atoms with Gasteiger partial charge in [0, 0.05) is 26.1 Å². The normalized spacial score (nSPS) is 15.6. The van der Waals surface area contributed by atoms with E-state index < -0.39 is 0 Å². The molecular weight excluding hydrogens is 626 g/mol. The van der Waals surface area contributed by atoms with Crippen molar-refractivity contribution in [2.75, 3.05) is 33.4 Å². The highest BCUT2D eigenvalue weighted by Gasteiger charge is 2.30. The summed E-state index contributed by atoms with van der Waals surface area (Å²) in [5.41, 5.74) is 0. The van der Waals surface area contributed by atoms with E-state index in [9.17, 15) is 9.59 Å². The summed E-state index contributed by atoms with van der Waals surface area (Å²) in [5.74, 6) is -0.275. The molecule has 0 aromatic carbocycles. The number of esters is 2. The van der Waals surface area contributed by atoms with E-state index in [2.05, 4.69) is 25.7 Å². The molecule has 2 atom stereocenters. The van der Waals surface area contributed by atoms with Crippen LogP contribution in [0.4, 0.5) is 0 Å². The van der Waals surface area contributed by atoms with Crippen LogP contribution in [-0.4, -0.2) is 68.7 Å². The number of likely N-dealkylation sites (N-methyl/N-ethyl adjacent to an activating group) is 1. The van der Waals surface area contributed by atoms with Gasteiger partial charge in [-0.15, -0.1) is 0 Å². The largest absolute Gasteiger partial charge is 0.466 e. The van der Waals surface area contributed by atoms with E-state index in [1.165, 1.54) is 122 Å². The number of carbonyl (C=O) groups excluding carboxylic acids is 2. The smallest absolute Gasteiger partial charge is 0.323 e. The van der Waals surface area contributed by atoms with E-state index in [1.807, 2.05) is 7.05 Å². The van der Waals surface area contributed by atoms with Crippen LogP contribution in [-0.2, 0) is 28.5 Å². The van der Waals surface area contributed by atoms with Crippen LogP contribution in [0, 0.1) is 0 Å². The minimum Gasteiger partial charge on any atom is -0.466 e. The Labute approximate surface area is 310 Å². The maximum Gasteiger partial charge on any atom is 0.323 e. The monoisotopic (exact) mass is 710 g/mol. The zero-order valence-electron chi connectivity index (χ0n) is 33.7. The van der Waals surface area contributed by atoms with Gasteiger partial charge < -0.3 is 18.9 Å². The van der Waals surface area contributed by atoms with Crippen LogP contribution < -0.4 is 0 Å². The molecule has 0 bridgehead atoms. The van der Waals surface area contributed by atoms with E-state index in [1.54, 1.807) is 0 Å². The molecule has 50 heavy (non-hydrogen) atoms. The average molecular weight is 710 g/mol. The number of nitrogens with zero attached hydrogens (tertiary/aromatic N) is 1. The number of unbranched alkanes of at least 4 members (excludes halogenated alkanes) is 20. The number of hydrogen-bond donors (Lipinski definition) is 0. The van der Waals surface area contributed by atoms with E-state index in [-0.39, 0.29) is 30.4 Å². The summed E-state index contributed by atoms with van der Waals surface area (Å²) in [7, 11) is 2.00. The zero-order valence-corrected chi connectivity index (χ0v) is 33.7. The van der Waals surface area contributed by atoms with Gasteiger partial charge in [-0.3, -0.25) is 14.5 Å². The second kappa shape index (κ2) is 34.9. The highest BCUT2D eigenvalue weighted by Crippen LogP contribution is 2.20. The lowest BCUT2D eigenvalue weighted by molar-refractivity contribution is -0.156. The molecule has 1 rings (SSSR count). The molecule has 1 unspecified atom stereocenters. The van der Waals surface area contributed by atoms with Gasteiger partial charge in [0.15, 0.2) is 6.29 Å². The fraction of sp³-hybridized carbons (Fsp3) is 0.953. The van der Waals surface area contributed by atoms with Crippen molar-refractivity contribution in [3.63, 3.8) is 0 Å². The standard InChI is InChI=1S/C43H83NO6/c1-5-8-11-14-17-18-19-20-21-24-30-39(50-43(46)40-31-29-35-44(40)4)34-38-47-41(45)32-25-26-33-42(48-36-27-22-15-12-9-6-2)49-37-28-23-16-13-10-7-3/h39-40,42H,5-38H2,1-4H3/t39?,40-/m1/s1. The minimum atomic E-state index is -0.188. The lowest BCUT2D eigenvalue weighted by Gasteiger charge is -2.23. The average Bonchev–Trinajstić information content (AvgIpc) is 3.55. The first kappa shape index (κ1) is 46.8. The molecule has 0 spiro atoms. The quantitative estimate of drug-likeness (QED) is 0.0361. The molecule has 296 valence electrons. The van der Waals surface area contributed by atoms with E-state index in [0.717, 1.165) is 77.5 Å². The van der Waals surface area contributed by atoms with Gasteiger partial charge in [0.05, 0.1) is 6.61 Å². The van der Waals surface area contributed by atoms with Crippen LogP contribution in [0.2, 0.25) is 0 Å². The summed E-state index contributed by atoms with van der Waals surface area (Å²) in [6.45, 7) is 9.51. The second-order valence-electron chi connectivity index (χ2n) is 15.1. The predicted molar refractivity (Wildman–Crippen MR) is 208 cm³/mol. The van der Waals surface area contributed by atoms with Crippen molar-refractivity contribution in [2.24, 2.45) is 0 Å². The molecule has 0 aromatic rings. The lowest BCUT2D eigenvalue weighted by atomic mass is 10.0. The summed E-state index contributed by atoms with van der Waals surface area (Å²) in [6.07, 6.45) is 33.6. The Morgan fingerprint density at radius 3 is 1.56 bits per heavy atom. The van der Waals surface area contributed by atoms with Crippen molar-refractivity contribution in [2.45, 2.75) is 232 Å². The first-order valence-corrected chi connectivity index (χ1v) is 21.8. The zero-order chi connectivity index (χ0) is 36.3. The van der Waals surface area contributed by atoms with Crippen molar-refractivity contribution in [1.29, 1.82) is 0 Å². The minimum absolute atomic E-state index is 0.111. The van der Waals surface area contributed by atoms with E-state index in [0.29, 0.717) is 19.4 Å². The molecule has 1 aliphatic rings. The number of hydrogen-bond acceptors (Lipinski definition) is 7. The van der Waals surface area contributed by atoms with Gasteiger partial charge in [-0.2, -0.15) is 0 Å². The number of likely N-dealkylation sites (tertiary alicyclic amines) is 1. The van der Waals surface area contributed by atoms with Crippen molar-refractivity contribution in [3.05, 3.63) is 0 Å². The molecule has 0 amide bonds. The summed E-state index contributed by atoms with van der Waals surface area (Å²) in [6, 6.07) is -0.138. The Hall–Kier alpha value is -1.18. The van der Waals surface area contributed by atoms with Crippen LogP contribution in [0.15, 0.2) is 0 Å². The Kier molecular flexibility index (Phi) is 32.7. The fourth-order valence-corrected chi connectivity index (χ4v) is 6.94. The summed E-state index contributed by atoms with van der Waals surface area (Å²) in [4.78, 5) is 27.7. The van der Waals surface area contributed by atoms with E-state index >= 15 is 0 Å². The van der Waals surface area contributed by atoms with Crippen molar-refractivity contribution in [3.8, 4) is 0 Å². The van der Waals surface area contributed by atoms with Gasteiger partial charge in [0.1, 0.15) is 12.1 Å². The third-order valence-corrected chi connectivity index (χ3v) is 10.3. The third-order valence-electron chi connectivity index (χ3n) is 10.3. The van der Waals surface area contributed by atoms with Gasteiger partial charge in [-0.25, -0.2) is 0 Å². The van der Waals surface area contributed by atoms with Gasteiger partial charge in [0.25, 0.3) is 0 Å².